The van der Waals surface area contributed by atoms with E-state index in [1.54, 1.807) is 0 Å². The predicted molar refractivity (Wildman–Crippen MR) is 76.4 cm³/mol. The quantitative estimate of drug-likeness (QED) is 0.653. The molecule has 0 spiro atoms. The normalized spacial score (nSPS) is 12.6. The maximum absolute atomic E-state index is 3.59. The summed E-state index contributed by atoms with van der Waals surface area (Å²) in [6, 6.07) is 9.54. The van der Waals surface area contributed by atoms with E-state index in [1.807, 2.05) is 0 Å². The fourth-order valence-corrected chi connectivity index (χ4v) is 2.07. The minimum absolute atomic E-state index is 0.475. The van der Waals surface area contributed by atoms with Crippen molar-refractivity contribution in [2.75, 3.05) is 6.54 Å². The average molecular weight is 233 g/mol. The highest BCUT2D eigenvalue weighted by atomic mass is 14.9. The van der Waals surface area contributed by atoms with Crippen molar-refractivity contribution in [3.63, 3.8) is 0 Å². The standard InChI is InChI=1S/C16H27N/c1-4-6-7-13-17-14(3)16-11-9-15(8-5-2)10-12-16/h9-12,14,17H,4-8,13H2,1-3H3. The van der Waals surface area contributed by atoms with Crippen LogP contribution in [0.25, 0.3) is 0 Å². The van der Waals surface area contributed by atoms with E-state index in [2.05, 4.69) is 50.4 Å². The summed E-state index contributed by atoms with van der Waals surface area (Å²) in [6.45, 7) is 7.86. The van der Waals surface area contributed by atoms with Crippen LogP contribution < -0.4 is 5.32 Å². The van der Waals surface area contributed by atoms with Crippen LogP contribution in [0.1, 0.15) is 63.6 Å². The second kappa shape index (κ2) is 8.30. The van der Waals surface area contributed by atoms with Crippen molar-refractivity contribution in [1.29, 1.82) is 0 Å². The Kier molecular flexibility index (Phi) is 6.95. The summed E-state index contributed by atoms with van der Waals surface area (Å²) in [4.78, 5) is 0. The molecular formula is C16H27N. The first kappa shape index (κ1) is 14.2. The number of hydrogen-bond acceptors (Lipinski definition) is 1. The number of nitrogens with one attached hydrogen (secondary N) is 1. The van der Waals surface area contributed by atoms with Gasteiger partial charge in [0.2, 0.25) is 0 Å². The Morgan fingerprint density at radius 1 is 1.00 bits per heavy atom. The lowest BCUT2D eigenvalue weighted by Crippen LogP contribution is -2.19. The molecule has 1 N–H and O–H groups in total. The molecule has 0 fully saturated rings. The molecule has 0 aromatic heterocycles. The summed E-state index contributed by atoms with van der Waals surface area (Å²) in [5.74, 6) is 0. The third-order valence-corrected chi connectivity index (χ3v) is 3.25. The molecule has 1 rings (SSSR count). The second-order valence-corrected chi connectivity index (χ2v) is 4.87. The van der Waals surface area contributed by atoms with E-state index >= 15 is 0 Å². The van der Waals surface area contributed by atoms with Crippen LogP contribution in [-0.4, -0.2) is 6.54 Å². The van der Waals surface area contributed by atoms with Crippen molar-refractivity contribution in [2.24, 2.45) is 0 Å². The SMILES string of the molecule is CCCCCNC(C)c1ccc(CCC)cc1. The van der Waals surface area contributed by atoms with Crippen molar-refractivity contribution < 1.29 is 0 Å². The molecule has 0 aliphatic rings. The molecule has 17 heavy (non-hydrogen) atoms. The highest BCUT2D eigenvalue weighted by Crippen LogP contribution is 2.14. The van der Waals surface area contributed by atoms with Crippen LogP contribution in [0.5, 0.6) is 0 Å². The maximum Gasteiger partial charge on any atom is 0.0291 e. The lowest BCUT2D eigenvalue weighted by Gasteiger charge is -2.14. The Morgan fingerprint density at radius 2 is 1.71 bits per heavy atom. The molecule has 1 aromatic carbocycles. The topological polar surface area (TPSA) is 12.0 Å². The third kappa shape index (κ3) is 5.36. The van der Waals surface area contributed by atoms with Crippen molar-refractivity contribution >= 4 is 0 Å². The van der Waals surface area contributed by atoms with Gasteiger partial charge >= 0.3 is 0 Å². The van der Waals surface area contributed by atoms with Gasteiger partial charge in [0.05, 0.1) is 0 Å². The van der Waals surface area contributed by atoms with Gasteiger partial charge in [-0.25, -0.2) is 0 Å². The molecule has 0 radical (unpaired) electrons. The molecule has 0 bridgehead atoms. The van der Waals surface area contributed by atoms with Crippen molar-refractivity contribution in [3.8, 4) is 0 Å². The molecule has 1 atom stereocenters. The van der Waals surface area contributed by atoms with Crippen LogP contribution in [-0.2, 0) is 6.42 Å². The van der Waals surface area contributed by atoms with Crippen LogP contribution in [0.3, 0.4) is 0 Å². The largest absolute Gasteiger partial charge is 0.310 e. The first-order valence-corrected chi connectivity index (χ1v) is 7.10. The molecular weight excluding hydrogens is 206 g/mol. The zero-order chi connectivity index (χ0) is 12.5. The Morgan fingerprint density at radius 3 is 2.29 bits per heavy atom. The summed E-state index contributed by atoms with van der Waals surface area (Å²) in [7, 11) is 0. The molecule has 1 aromatic rings. The van der Waals surface area contributed by atoms with E-state index in [0.717, 1.165) is 6.54 Å². The smallest absolute Gasteiger partial charge is 0.0291 e. The summed E-state index contributed by atoms with van der Waals surface area (Å²) >= 11 is 0. The molecule has 0 amide bonds. The summed E-state index contributed by atoms with van der Waals surface area (Å²) < 4.78 is 0. The fourth-order valence-electron chi connectivity index (χ4n) is 2.07. The predicted octanol–water partition coefficient (Wildman–Crippen LogP) is 4.48. The van der Waals surface area contributed by atoms with Gasteiger partial charge in [-0.2, -0.15) is 0 Å². The number of rotatable bonds is 8. The van der Waals surface area contributed by atoms with Crippen LogP contribution in [0.15, 0.2) is 24.3 Å². The average Bonchev–Trinajstić information content (AvgIpc) is 2.36. The molecule has 96 valence electrons. The summed E-state index contributed by atoms with van der Waals surface area (Å²) in [5.41, 5.74) is 2.86. The van der Waals surface area contributed by atoms with E-state index < -0.39 is 0 Å². The minimum atomic E-state index is 0.475. The first-order valence-electron chi connectivity index (χ1n) is 7.10. The van der Waals surface area contributed by atoms with Crippen molar-refractivity contribution in [3.05, 3.63) is 35.4 Å². The Labute approximate surface area is 107 Å². The van der Waals surface area contributed by atoms with Crippen LogP contribution in [0.4, 0.5) is 0 Å². The Balaban J connectivity index is 2.37. The van der Waals surface area contributed by atoms with E-state index in [9.17, 15) is 0 Å². The van der Waals surface area contributed by atoms with E-state index in [0.29, 0.717) is 6.04 Å². The monoisotopic (exact) mass is 233 g/mol. The number of benzene rings is 1. The lowest BCUT2D eigenvalue weighted by atomic mass is 10.0. The van der Waals surface area contributed by atoms with Gasteiger partial charge in [-0.15, -0.1) is 0 Å². The number of hydrogen-bond donors (Lipinski definition) is 1. The number of aryl methyl sites for hydroxylation is 1. The van der Waals surface area contributed by atoms with Gasteiger partial charge in [-0.3, -0.25) is 0 Å². The third-order valence-electron chi connectivity index (χ3n) is 3.25. The first-order chi connectivity index (χ1) is 8.27. The van der Waals surface area contributed by atoms with Gasteiger partial charge in [0.25, 0.3) is 0 Å². The molecule has 0 heterocycles. The fraction of sp³-hybridized carbons (Fsp3) is 0.625. The second-order valence-electron chi connectivity index (χ2n) is 4.87. The summed E-state index contributed by atoms with van der Waals surface area (Å²) in [6.07, 6.45) is 6.33. The van der Waals surface area contributed by atoms with Gasteiger partial charge in [-0.1, -0.05) is 57.4 Å². The molecule has 0 saturated heterocycles. The van der Waals surface area contributed by atoms with E-state index in [4.69, 9.17) is 0 Å². The van der Waals surface area contributed by atoms with E-state index in [1.165, 1.54) is 43.2 Å². The van der Waals surface area contributed by atoms with Crippen LogP contribution >= 0.6 is 0 Å². The molecule has 1 unspecified atom stereocenters. The van der Waals surface area contributed by atoms with Crippen LogP contribution in [0.2, 0.25) is 0 Å². The van der Waals surface area contributed by atoms with Crippen molar-refractivity contribution in [2.45, 2.75) is 58.9 Å². The molecule has 0 aliphatic heterocycles. The van der Waals surface area contributed by atoms with Gasteiger partial charge < -0.3 is 5.32 Å². The Hall–Kier alpha value is -0.820. The summed E-state index contributed by atoms with van der Waals surface area (Å²) in [5, 5.41) is 3.59. The van der Waals surface area contributed by atoms with Crippen LogP contribution in [0, 0.1) is 0 Å². The zero-order valence-electron chi connectivity index (χ0n) is 11.6. The minimum Gasteiger partial charge on any atom is -0.310 e. The van der Waals surface area contributed by atoms with Gasteiger partial charge in [0, 0.05) is 6.04 Å². The maximum atomic E-state index is 3.59. The zero-order valence-corrected chi connectivity index (χ0v) is 11.6. The van der Waals surface area contributed by atoms with Gasteiger partial charge in [0.1, 0.15) is 0 Å². The highest BCUT2D eigenvalue weighted by Gasteiger charge is 2.03. The van der Waals surface area contributed by atoms with E-state index in [-0.39, 0.29) is 0 Å². The van der Waals surface area contributed by atoms with Crippen molar-refractivity contribution in [1.82, 2.24) is 5.32 Å². The van der Waals surface area contributed by atoms with Gasteiger partial charge in [-0.05, 0) is 37.4 Å². The lowest BCUT2D eigenvalue weighted by molar-refractivity contribution is 0.544. The molecule has 0 saturated carbocycles. The van der Waals surface area contributed by atoms with Gasteiger partial charge in [0.15, 0.2) is 0 Å². The molecule has 1 heteroatoms. The number of unbranched alkanes of at least 4 members (excludes halogenated alkanes) is 2. The highest BCUT2D eigenvalue weighted by molar-refractivity contribution is 5.24. The molecule has 0 aliphatic carbocycles. The Bertz CT molecular complexity index is 289. The molecule has 1 nitrogen and oxygen atoms in total.